The van der Waals surface area contributed by atoms with Crippen LogP contribution in [0.4, 0.5) is 4.79 Å². The molecule has 0 saturated carbocycles. The maximum atomic E-state index is 12.8. The summed E-state index contributed by atoms with van der Waals surface area (Å²) in [4.78, 5) is 12.1. The van der Waals surface area contributed by atoms with Gasteiger partial charge < -0.3 is 10.1 Å². The SMILES string of the molecule is C[C@@H](CN(C)S(=O)(=O)c1ccc2c(c1)CCCC2)NC(=O)OC(C)(C)C. The second-order valence-electron chi connectivity index (χ2n) is 7.97. The summed E-state index contributed by atoms with van der Waals surface area (Å²) in [6, 6.07) is 5.04. The number of hydrogen-bond donors (Lipinski definition) is 1. The summed E-state index contributed by atoms with van der Waals surface area (Å²) in [6.45, 7) is 7.26. The third-order valence-corrected chi connectivity index (χ3v) is 6.14. The molecule has 1 N–H and O–H groups in total. The molecule has 0 bridgehead atoms. The first-order valence-electron chi connectivity index (χ1n) is 9.07. The standard InChI is InChI=1S/C19H30N2O4S/c1-14(20-18(22)25-19(2,3)4)13-21(5)26(23,24)17-11-10-15-8-6-7-9-16(15)12-17/h10-12,14H,6-9,13H2,1-5H3,(H,20,22)/t14-/m0/s1. The van der Waals surface area contributed by atoms with Gasteiger partial charge in [-0.3, -0.25) is 0 Å². The molecule has 1 aliphatic rings. The Hall–Kier alpha value is -1.60. The van der Waals surface area contributed by atoms with Crippen LogP contribution in [0.3, 0.4) is 0 Å². The summed E-state index contributed by atoms with van der Waals surface area (Å²) in [5.74, 6) is 0. The number of sulfonamides is 1. The predicted octanol–water partition coefficient (Wildman–Crippen LogP) is 3.10. The van der Waals surface area contributed by atoms with Gasteiger partial charge in [0.1, 0.15) is 5.60 Å². The number of nitrogens with one attached hydrogen (secondary N) is 1. The number of nitrogens with zero attached hydrogens (tertiary/aromatic N) is 1. The highest BCUT2D eigenvalue weighted by molar-refractivity contribution is 7.89. The third-order valence-electron chi connectivity index (χ3n) is 4.32. The van der Waals surface area contributed by atoms with E-state index in [1.165, 1.54) is 16.9 Å². The summed E-state index contributed by atoms with van der Waals surface area (Å²) in [6.07, 6.45) is 3.65. The molecule has 0 aliphatic heterocycles. The Balaban J connectivity index is 2.03. The number of aryl methyl sites for hydroxylation is 2. The van der Waals surface area contributed by atoms with Crippen LogP contribution < -0.4 is 5.32 Å². The lowest BCUT2D eigenvalue weighted by Gasteiger charge is -2.25. The maximum Gasteiger partial charge on any atom is 0.407 e. The Labute approximate surface area is 157 Å². The Morgan fingerprint density at radius 3 is 2.46 bits per heavy atom. The van der Waals surface area contributed by atoms with E-state index in [0.29, 0.717) is 4.90 Å². The molecule has 1 aromatic carbocycles. The monoisotopic (exact) mass is 382 g/mol. The fraction of sp³-hybridized carbons (Fsp3) is 0.632. The van der Waals surface area contributed by atoms with Gasteiger partial charge in [-0.05, 0) is 76.6 Å². The van der Waals surface area contributed by atoms with Crippen molar-refractivity contribution in [2.24, 2.45) is 0 Å². The van der Waals surface area contributed by atoms with E-state index >= 15 is 0 Å². The Morgan fingerprint density at radius 2 is 1.85 bits per heavy atom. The molecule has 1 aliphatic carbocycles. The van der Waals surface area contributed by atoms with E-state index in [1.807, 2.05) is 6.07 Å². The molecule has 0 saturated heterocycles. The highest BCUT2D eigenvalue weighted by Crippen LogP contribution is 2.25. The van der Waals surface area contributed by atoms with Gasteiger partial charge in [0.05, 0.1) is 4.90 Å². The van der Waals surface area contributed by atoms with Crippen molar-refractivity contribution in [3.8, 4) is 0 Å². The van der Waals surface area contributed by atoms with E-state index < -0.39 is 21.7 Å². The summed E-state index contributed by atoms with van der Waals surface area (Å²) < 4.78 is 32.2. The van der Waals surface area contributed by atoms with E-state index in [0.717, 1.165) is 31.2 Å². The van der Waals surface area contributed by atoms with Crippen molar-refractivity contribution in [1.29, 1.82) is 0 Å². The van der Waals surface area contributed by atoms with Gasteiger partial charge in [-0.2, -0.15) is 4.31 Å². The van der Waals surface area contributed by atoms with Crippen LogP contribution >= 0.6 is 0 Å². The second kappa shape index (κ2) is 7.96. The molecule has 2 rings (SSSR count). The van der Waals surface area contributed by atoms with E-state index in [9.17, 15) is 13.2 Å². The zero-order chi connectivity index (χ0) is 19.5. The lowest BCUT2D eigenvalue weighted by molar-refractivity contribution is 0.0504. The van der Waals surface area contributed by atoms with Crippen LogP contribution in [0.15, 0.2) is 23.1 Å². The van der Waals surface area contributed by atoms with Gasteiger partial charge in [0.15, 0.2) is 0 Å². The molecule has 0 heterocycles. The van der Waals surface area contributed by atoms with Crippen LogP contribution in [0.1, 0.15) is 51.7 Å². The maximum absolute atomic E-state index is 12.8. The number of carbonyl (C=O) groups is 1. The van der Waals surface area contributed by atoms with E-state index in [4.69, 9.17) is 4.74 Å². The van der Waals surface area contributed by atoms with Gasteiger partial charge in [0.2, 0.25) is 10.0 Å². The zero-order valence-electron chi connectivity index (χ0n) is 16.3. The average Bonchev–Trinajstić information content (AvgIpc) is 2.52. The number of fused-ring (bicyclic) bond motifs is 1. The van der Waals surface area contributed by atoms with Crippen LogP contribution in [0, 0.1) is 0 Å². The number of alkyl carbamates (subject to hydrolysis) is 1. The van der Waals surface area contributed by atoms with Gasteiger partial charge in [0, 0.05) is 19.6 Å². The normalized spacial score (nSPS) is 16.1. The van der Waals surface area contributed by atoms with Crippen LogP contribution in [0.5, 0.6) is 0 Å². The van der Waals surface area contributed by atoms with E-state index in [1.54, 1.807) is 39.8 Å². The topological polar surface area (TPSA) is 75.7 Å². The molecule has 146 valence electrons. The molecule has 0 fully saturated rings. The highest BCUT2D eigenvalue weighted by Gasteiger charge is 2.25. The Morgan fingerprint density at radius 1 is 1.23 bits per heavy atom. The summed E-state index contributed by atoms with van der Waals surface area (Å²) in [7, 11) is -2.07. The lowest BCUT2D eigenvalue weighted by Crippen LogP contribution is -2.44. The van der Waals surface area contributed by atoms with Gasteiger partial charge in [0.25, 0.3) is 0 Å². The first kappa shape index (κ1) is 20.7. The molecule has 0 unspecified atom stereocenters. The molecule has 0 radical (unpaired) electrons. The molecule has 7 heteroatoms. The van der Waals surface area contributed by atoms with Crippen molar-refractivity contribution < 1.29 is 17.9 Å². The van der Waals surface area contributed by atoms with E-state index in [-0.39, 0.29) is 12.6 Å². The summed E-state index contributed by atoms with van der Waals surface area (Å²) in [5.41, 5.74) is 1.79. The fourth-order valence-corrected chi connectivity index (χ4v) is 4.40. The summed E-state index contributed by atoms with van der Waals surface area (Å²) in [5, 5.41) is 2.67. The average molecular weight is 383 g/mol. The van der Waals surface area contributed by atoms with Crippen molar-refractivity contribution in [1.82, 2.24) is 9.62 Å². The zero-order valence-corrected chi connectivity index (χ0v) is 17.1. The molecular weight excluding hydrogens is 352 g/mol. The minimum absolute atomic E-state index is 0.165. The van der Waals surface area contributed by atoms with Crippen molar-refractivity contribution in [2.75, 3.05) is 13.6 Å². The molecular formula is C19H30N2O4S. The smallest absolute Gasteiger partial charge is 0.407 e. The second-order valence-corrected chi connectivity index (χ2v) is 10.0. The molecule has 0 spiro atoms. The van der Waals surface area contributed by atoms with Gasteiger partial charge in [-0.15, -0.1) is 0 Å². The van der Waals surface area contributed by atoms with Crippen LogP contribution in [0.2, 0.25) is 0 Å². The number of benzene rings is 1. The number of hydrogen-bond acceptors (Lipinski definition) is 4. The number of carbonyl (C=O) groups excluding carboxylic acids is 1. The van der Waals surface area contributed by atoms with Crippen molar-refractivity contribution >= 4 is 16.1 Å². The van der Waals surface area contributed by atoms with E-state index in [2.05, 4.69) is 5.32 Å². The van der Waals surface area contributed by atoms with Gasteiger partial charge in [-0.25, -0.2) is 13.2 Å². The lowest BCUT2D eigenvalue weighted by atomic mass is 9.92. The predicted molar refractivity (Wildman–Crippen MR) is 102 cm³/mol. The number of amides is 1. The Bertz CT molecular complexity index is 753. The molecule has 1 atom stereocenters. The fourth-order valence-electron chi connectivity index (χ4n) is 3.09. The molecule has 1 amide bonds. The first-order valence-corrected chi connectivity index (χ1v) is 10.5. The van der Waals surface area contributed by atoms with Crippen molar-refractivity contribution in [3.63, 3.8) is 0 Å². The van der Waals surface area contributed by atoms with Crippen LogP contribution in [0.25, 0.3) is 0 Å². The Kier molecular flexibility index (Phi) is 6.34. The quantitative estimate of drug-likeness (QED) is 0.849. The van der Waals surface area contributed by atoms with Crippen LogP contribution in [-0.4, -0.2) is 44.1 Å². The molecule has 1 aromatic rings. The highest BCUT2D eigenvalue weighted by atomic mass is 32.2. The number of rotatable bonds is 5. The summed E-state index contributed by atoms with van der Waals surface area (Å²) >= 11 is 0. The molecule has 26 heavy (non-hydrogen) atoms. The van der Waals surface area contributed by atoms with Gasteiger partial charge >= 0.3 is 6.09 Å². The van der Waals surface area contributed by atoms with Crippen LogP contribution in [-0.2, 0) is 27.6 Å². The van der Waals surface area contributed by atoms with Gasteiger partial charge in [-0.1, -0.05) is 6.07 Å². The molecule has 0 aromatic heterocycles. The minimum atomic E-state index is -3.60. The largest absolute Gasteiger partial charge is 0.444 e. The molecule has 6 nitrogen and oxygen atoms in total. The van der Waals surface area contributed by atoms with Crippen molar-refractivity contribution in [2.45, 2.75) is 69.9 Å². The number of ether oxygens (including phenoxy) is 1. The number of likely N-dealkylation sites (N-methyl/N-ethyl adjacent to an activating group) is 1. The van der Waals surface area contributed by atoms with Crippen molar-refractivity contribution in [3.05, 3.63) is 29.3 Å². The first-order chi connectivity index (χ1) is 12.0. The third kappa shape index (κ3) is 5.45. The minimum Gasteiger partial charge on any atom is -0.444 e.